The molecule has 30 heavy (non-hydrogen) atoms. The standard InChI is InChI=1S/C22H18BrN5O2/c23-18-8-5-6-16(12-18)15-30-21-11-4-1-7-17(21)13-24-26-22(29)14-28-20-10-3-2-9-19(20)25-27-28/h1-13H,14-15H2,(H,26,29)/b24-13+. The van der Waals surface area contributed by atoms with Gasteiger partial charge in [0.05, 0.1) is 11.7 Å². The summed E-state index contributed by atoms with van der Waals surface area (Å²) in [6.45, 7) is 0.453. The molecule has 0 radical (unpaired) electrons. The highest BCUT2D eigenvalue weighted by atomic mass is 79.9. The number of hydrogen-bond acceptors (Lipinski definition) is 5. The summed E-state index contributed by atoms with van der Waals surface area (Å²) in [5, 5.41) is 12.1. The quantitative estimate of drug-likeness (QED) is 0.332. The molecule has 1 heterocycles. The zero-order valence-electron chi connectivity index (χ0n) is 15.9. The second kappa shape index (κ2) is 9.32. The maximum absolute atomic E-state index is 12.2. The Bertz CT molecular complexity index is 1200. The molecule has 8 heteroatoms. The minimum atomic E-state index is -0.297. The van der Waals surface area contributed by atoms with Crippen LogP contribution in [0.25, 0.3) is 11.0 Å². The summed E-state index contributed by atoms with van der Waals surface area (Å²) in [7, 11) is 0. The van der Waals surface area contributed by atoms with Gasteiger partial charge >= 0.3 is 0 Å². The maximum atomic E-state index is 12.2. The van der Waals surface area contributed by atoms with E-state index in [1.165, 1.54) is 4.68 Å². The number of nitrogens with one attached hydrogen (secondary N) is 1. The van der Waals surface area contributed by atoms with Crippen LogP contribution < -0.4 is 10.2 Å². The van der Waals surface area contributed by atoms with Crippen molar-refractivity contribution in [3.8, 4) is 5.75 Å². The average Bonchev–Trinajstić information content (AvgIpc) is 3.16. The van der Waals surface area contributed by atoms with Gasteiger partial charge in [-0.25, -0.2) is 10.1 Å². The third-order valence-corrected chi connectivity index (χ3v) is 4.80. The van der Waals surface area contributed by atoms with Crippen molar-refractivity contribution in [2.45, 2.75) is 13.2 Å². The number of hydrogen-bond donors (Lipinski definition) is 1. The van der Waals surface area contributed by atoms with Crippen molar-refractivity contribution in [1.29, 1.82) is 0 Å². The molecule has 0 bridgehead atoms. The highest BCUT2D eigenvalue weighted by molar-refractivity contribution is 9.10. The molecule has 0 aliphatic carbocycles. The van der Waals surface area contributed by atoms with Gasteiger partial charge < -0.3 is 4.74 Å². The number of benzene rings is 3. The van der Waals surface area contributed by atoms with Crippen LogP contribution in [0, 0.1) is 0 Å². The van der Waals surface area contributed by atoms with Crippen LogP contribution in [0.2, 0.25) is 0 Å². The highest BCUT2D eigenvalue weighted by Gasteiger charge is 2.08. The largest absolute Gasteiger partial charge is 0.488 e. The molecular formula is C22H18BrN5O2. The zero-order chi connectivity index (χ0) is 20.8. The molecule has 0 atom stereocenters. The minimum absolute atomic E-state index is 0.0267. The van der Waals surface area contributed by atoms with E-state index < -0.39 is 0 Å². The number of halogens is 1. The van der Waals surface area contributed by atoms with Gasteiger partial charge in [0, 0.05) is 10.0 Å². The number of fused-ring (bicyclic) bond motifs is 1. The summed E-state index contributed by atoms with van der Waals surface area (Å²) in [6.07, 6.45) is 1.56. The van der Waals surface area contributed by atoms with E-state index in [9.17, 15) is 4.79 Å². The number of carbonyl (C=O) groups excluding carboxylic acids is 1. The minimum Gasteiger partial charge on any atom is -0.488 e. The molecule has 4 rings (SSSR count). The predicted molar refractivity (Wildman–Crippen MR) is 118 cm³/mol. The lowest BCUT2D eigenvalue weighted by Crippen LogP contribution is -2.23. The van der Waals surface area contributed by atoms with Gasteiger partial charge in [-0.3, -0.25) is 4.79 Å². The monoisotopic (exact) mass is 463 g/mol. The summed E-state index contributed by atoms with van der Waals surface area (Å²) >= 11 is 3.46. The zero-order valence-corrected chi connectivity index (χ0v) is 17.5. The van der Waals surface area contributed by atoms with Gasteiger partial charge in [0.25, 0.3) is 5.91 Å². The van der Waals surface area contributed by atoms with Gasteiger partial charge in [0.2, 0.25) is 0 Å². The third kappa shape index (κ3) is 4.90. The third-order valence-electron chi connectivity index (χ3n) is 4.31. The fourth-order valence-electron chi connectivity index (χ4n) is 2.89. The second-order valence-electron chi connectivity index (χ2n) is 6.49. The molecule has 3 aromatic carbocycles. The Morgan fingerprint density at radius 2 is 1.93 bits per heavy atom. The lowest BCUT2D eigenvalue weighted by atomic mass is 10.2. The molecule has 4 aromatic rings. The molecule has 1 N–H and O–H groups in total. The molecular weight excluding hydrogens is 446 g/mol. The number of aromatic nitrogens is 3. The molecule has 0 aliphatic rings. The second-order valence-corrected chi connectivity index (χ2v) is 7.40. The maximum Gasteiger partial charge on any atom is 0.261 e. The fraction of sp³-hybridized carbons (Fsp3) is 0.0909. The van der Waals surface area contributed by atoms with Crippen molar-refractivity contribution in [1.82, 2.24) is 20.4 Å². The first-order valence-electron chi connectivity index (χ1n) is 9.25. The van der Waals surface area contributed by atoms with Gasteiger partial charge in [-0.1, -0.05) is 57.5 Å². The number of rotatable bonds is 7. The number of para-hydroxylation sites is 2. The Labute approximate surface area is 181 Å². The molecule has 0 saturated carbocycles. The van der Waals surface area contributed by atoms with E-state index in [-0.39, 0.29) is 12.5 Å². The van der Waals surface area contributed by atoms with E-state index in [1.807, 2.05) is 72.8 Å². The molecule has 1 aromatic heterocycles. The van der Waals surface area contributed by atoms with E-state index in [2.05, 4.69) is 36.8 Å². The summed E-state index contributed by atoms with van der Waals surface area (Å²) in [6, 6.07) is 22.9. The van der Waals surface area contributed by atoms with E-state index in [0.717, 1.165) is 26.6 Å². The van der Waals surface area contributed by atoms with E-state index >= 15 is 0 Å². The van der Waals surface area contributed by atoms with Crippen LogP contribution in [-0.4, -0.2) is 27.1 Å². The number of nitrogens with zero attached hydrogens (tertiary/aromatic N) is 4. The molecule has 150 valence electrons. The van der Waals surface area contributed by atoms with Gasteiger partial charge in [0.1, 0.15) is 24.4 Å². The van der Waals surface area contributed by atoms with E-state index in [4.69, 9.17) is 4.74 Å². The number of amides is 1. The van der Waals surface area contributed by atoms with Crippen LogP contribution >= 0.6 is 15.9 Å². The first-order valence-corrected chi connectivity index (χ1v) is 10.0. The smallest absolute Gasteiger partial charge is 0.261 e. The van der Waals surface area contributed by atoms with Crippen LogP contribution in [0.4, 0.5) is 0 Å². The number of hydrazone groups is 1. The van der Waals surface area contributed by atoms with Crippen LogP contribution in [-0.2, 0) is 17.9 Å². The Morgan fingerprint density at radius 3 is 2.83 bits per heavy atom. The topological polar surface area (TPSA) is 81.4 Å². The Hall–Kier alpha value is -3.52. The Balaban J connectivity index is 1.37. The van der Waals surface area contributed by atoms with E-state index in [1.54, 1.807) is 6.21 Å². The Kier molecular flexibility index (Phi) is 6.14. The number of ether oxygens (including phenoxy) is 1. The lowest BCUT2D eigenvalue weighted by molar-refractivity contribution is -0.121. The number of carbonyl (C=O) groups is 1. The van der Waals surface area contributed by atoms with Crippen molar-refractivity contribution in [2.75, 3.05) is 0 Å². The van der Waals surface area contributed by atoms with Crippen LogP contribution in [0.3, 0.4) is 0 Å². The molecule has 0 fully saturated rings. The molecule has 0 aliphatic heterocycles. The first-order chi connectivity index (χ1) is 14.7. The summed E-state index contributed by atoms with van der Waals surface area (Å²) in [5.74, 6) is 0.382. The van der Waals surface area contributed by atoms with Crippen molar-refractivity contribution in [2.24, 2.45) is 5.10 Å². The normalized spacial score (nSPS) is 11.1. The molecule has 0 spiro atoms. The van der Waals surface area contributed by atoms with Gasteiger partial charge in [-0.15, -0.1) is 5.10 Å². The highest BCUT2D eigenvalue weighted by Crippen LogP contribution is 2.19. The van der Waals surface area contributed by atoms with Crippen LogP contribution in [0.5, 0.6) is 5.75 Å². The SMILES string of the molecule is O=C(Cn1nnc2ccccc21)N/N=C/c1ccccc1OCc1cccc(Br)c1. The average molecular weight is 464 g/mol. The van der Waals surface area contributed by atoms with Gasteiger partial charge in [-0.05, 0) is 42.0 Å². The molecule has 1 amide bonds. The first kappa shape index (κ1) is 19.8. The molecule has 0 saturated heterocycles. The summed E-state index contributed by atoms with van der Waals surface area (Å²) < 4.78 is 8.46. The molecule has 7 nitrogen and oxygen atoms in total. The Morgan fingerprint density at radius 1 is 1.10 bits per heavy atom. The van der Waals surface area contributed by atoms with E-state index in [0.29, 0.717) is 12.4 Å². The summed E-state index contributed by atoms with van der Waals surface area (Å²) in [5.41, 5.74) is 5.87. The van der Waals surface area contributed by atoms with Crippen molar-refractivity contribution in [3.63, 3.8) is 0 Å². The van der Waals surface area contributed by atoms with Gasteiger partial charge in [-0.2, -0.15) is 5.10 Å². The van der Waals surface area contributed by atoms with Crippen molar-refractivity contribution in [3.05, 3.63) is 88.4 Å². The van der Waals surface area contributed by atoms with Crippen molar-refractivity contribution >= 4 is 39.1 Å². The lowest BCUT2D eigenvalue weighted by Gasteiger charge is -2.09. The van der Waals surface area contributed by atoms with Crippen molar-refractivity contribution < 1.29 is 9.53 Å². The predicted octanol–water partition coefficient (Wildman–Crippen LogP) is 3.92. The van der Waals surface area contributed by atoms with Crippen LogP contribution in [0.15, 0.2) is 82.4 Å². The fourth-order valence-corrected chi connectivity index (χ4v) is 3.33. The van der Waals surface area contributed by atoms with Gasteiger partial charge in [0.15, 0.2) is 0 Å². The molecule has 0 unspecified atom stereocenters. The van der Waals surface area contributed by atoms with Crippen LogP contribution in [0.1, 0.15) is 11.1 Å². The summed E-state index contributed by atoms with van der Waals surface area (Å²) in [4.78, 5) is 12.2.